The van der Waals surface area contributed by atoms with Gasteiger partial charge < -0.3 is 9.80 Å². The Bertz CT molecular complexity index is 571. The topological polar surface area (TPSA) is 40.6 Å². The van der Waals surface area contributed by atoms with Gasteiger partial charge in [0, 0.05) is 24.1 Å². The first kappa shape index (κ1) is 15.5. The molecule has 0 bridgehead atoms. The summed E-state index contributed by atoms with van der Waals surface area (Å²) in [4.78, 5) is 28.5. The minimum Gasteiger partial charge on any atom is -0.331 e. The highest BCUT2D eigenvalue weighted by atomic mass is 32.2. The number of hydrogen-bond acceptors (Lipinski definition) is 4. The van der Waals surface area contributed by atoms with Crippen LogP contribution < -0.4 is 0 Å². The van der Waals surface area contributed by atoms with Gasteiger partial charge in [-0.25, -0.2) is 0 Å². The van der Waals surface area contributed by atoms with Gasteiger partial charge in [0.15, 0.2) is 0 Å². The highest BCUT2D eigenvalue weighted by Gasteiger charge is 2.37. The second kappa shape index (κ2) is 7.24. The third-order valence-corrected chi connectivity index (χ3v) is 5.71. The lowest BCUT2D eigenvalue weighted by Crippen LogP contribution is -2.47. The van der Waals surface area contributed by atoms with Crippen LogP contribution in [0.2, 0.25) is 0 Å². The lowest BCUT2D eigenvalue weighted by molar-refractivity contribution is -0.140. The Balaban J connectivity index is 1.66. The molecular weight excluding hydrogens is 316 g/mol. The minimum atomic E-state index is -0.309. The van der Waals surface area contributed by atoms with Crippen LogP contribution in [0.25, 0.3) is 6.08 Å². The summed E-state index contributed by atoms with van der Waals surface area (Å²) in [6, 6.07) is 9.41. The van der Waals surface area contributed by atoms with Gasteiger partial charge in [0.05, 0.1) is 11.8 Å². The molecule has 0 radical (unpaired) electrons. The molecule has 2 heterocycles. The first-order valence-electron chi connectivity index (χ1n) is 7.24. The van der Waals surface area contributed by atoms with E-state index in [1.54, 1.807) is 40.6 Å². The second-order valence-electron chi connectivity index (χ2n) is 5.21. The van der Waals surface area contributed by atoms with E-state index in [9.17, 15) is 9.59 Å². The van der Waals surface area contributed by atoms with Crippen molar-refractivity contribution < 1.29 is 9.59 Å². The molecule has 0 unspecified atom stereocenters. The number of carbonyl (C=O) groups excluding carboxylic acids is 2. The van der Waals surface area contributed by atoms with Crippen molar-refractivity contribution in [1.82, 2.24) is 9.80 Å². The van der Waals surface area contributed by atoms with Crippen molar-refractivity contribution in [3.05, 3.63) is 42.0 Å². The summed E-state index contributed by atoms with van der Waals surface area (Å²) in [7, 11) is 0. The zero-order valence-electron chi connectivity index (χ0n) is 12.2. The molecule has 1 atom stereocenters. The molecule has 0 aromatic heterocycles. The molecule has 0 saturated carbocycles. The Kier molecular flexibility index (Phi) is 5.10. The van der Waals surface area contributed by atoms with E-state index in [2.05, 4.69) is 0 Å². The van der Waals surface area contributed by atoms with E-state index in [1.165, 1.54) is 0 Å². The Morgan fingerprint density at radius 2 is 1.95 bits per heavy atom. The van der Waals surface area contributed by atoms with Crippen LogP contribution in [0, 0.1) is 0 Å². The molecule has 2 amide bonds. The highest BCUT2D eigenvalue weighted by Crippen LogP contribution is 2.25. The van der Waals surface area contributed by atoms with E-state index in [-0.39, 0.29) is 17.9 Å². The lowest BCUT2D eigenvalue weighted by Gasteiger charge is -2.25. The fourth-order valence-corrected chi connectivity index (χ4v) is 4.60. The van der Waals surface area contributed by atoms with Crippen molar-refractivity contribution in [2.75, 3.05) is 29.8 Å². The number of benzene rings is 1. The maximum atomic E-state index is 12.5. The largest absolute Gasteiger partial charge is 0.331 e. The van der Waals surface area contributed by atoms with Gasteiger partial charge in [0.1, 0.15) is 6.04 Å². The maximum absolute atomic E-state index is 12.5. The van der Waals surface area contributed by atoms with Crippen LogP contribution in [-0.4, -0.2) is 57.5 Å². The van der Waals surface area contributed by atoms with E-state index >= 15 is 0 Å². The summed E-state index contributed by atoms with van der Waals surface area (Å²) in [5, 5.41) is 0. The zero-order valence-corrected chi connectivity index (χ0v) is 13.8. The van der Waals surface area contributed by atoms with E-state index < -0.39 is 0 Å². The van der Waals surface area contributed by atoms with Crippen LogP contribution in [0.5, 0.6) is 0 Å². The molecule has 0 spiro atoms. The van der Waals surface area contributed by atoms with Crippen molar-refractivity contribution >= 4 is 41.4 Å². The molecule has 6 heteroatoms. The number of thioether (sulfide) groups is 2. The monoisotopic (exact) mass is 334 g/mol. The van der Waals surface area contributed by atoms with E-state index in [0.29, 0.717) is 11.6 Å². The average molecular weight is 334 g/mol. The Labute approximate surface area is 138 Å². The summed E-state index contributed by atoms with van der Waals surface area (Å²) in [6.45, 7) is 0.798. The summed E-state index contributed by atoms with van der Waals surface area (Å²) >= 11 is 3.41. The molecule has 2 aliphatic rings. The molecule has 0 N–H and O–H groups in total. The number of nitrogens with zero attached hydrogens (tertiary/aromatic N) is 2. The van der Waals surface area contributed by atoms with Gasteiger partial charge in [0.25, 0.3) is 0 Å². The quantitative estimate of drug-likeness (QED) is 0.794. The van der Waals surface area contributed by atoms with Gasteiger partial charge in [-0.15, -0.1) is 23.5 Å². The fourth-order valence-electron chi connectivity index (χ4n) is 2.49. The van der Waals surface area contributed by atoms with Crippen molar-refractivity contribution in [2.45, 2.75) is 6.04 Å². The first-order valence-corrected chi connectivity index (χ1v) is 9.54. The third kappa shape index (κ3) is 3.50. The summed E-state index contributed by atoms with van der Waals surface area (Å²) in [5.41, 5.74) is 0.988. The summed E-state index contributed by atoms with van der Waals surface area (Å²) in [6.07, 6.45) is 3.37. The standard InChI is InChI=1S/C16H18N2O2S2/c19-15(7-6-13-4-2-1-3-5-13)18-12-22-10-14(18)16(20)17-8-9-21-11-17/h1-7,14H,8-12H2/t14-/m0/s1. The zero-order chi connectivity index (χ0) is 15.4. The second-order valence-corrected chi connectivity index (χ2v) is 7.28. The lowest BCUT2D eigenvalue weighted by atomic mass is 10.2. The molecule has 0 aliphatic carbocycles. The highest BCUT2D eigenvalue weighted by molar-refractivity contribution is 7.99. The predicted octanol–water partition coefficient (Wildman–Crippen LogP) is 2.13. The van der Waals surface area contributed by atoms with Gasteiger partial charge in [0.2, 0.25) is 11.8 Å². The molecule has 22 heavy (non-hydrogen) atoms. The smallest absolute Gasteiger partial charge is 0.247 e. The number of carbonyl (C=O) groups is 2. The predicted molar refractivity (Wildman–Crippen MR) is 92.5 cm³/mol. The number of hydrogen-bond donors (Lipinski definition) is 0. The van der Waals surface area contributed by atoms with Gasteiger partial charge >= 0.3 is 0 Å². The molecule has 2 aliphatic heterocycles. The normalized spacial score (nSPS) is 21.7. The van der Waals surface area contributed by atoms with Gasteiger partial charge in [-0.1, -0.05) is 30.3 Å². The minimum absolute atomic E-state index is 0.0842. The first-order chi connectivity index (χ1) is 10.8. The molecule has 2 saturated heterocycles. The van der Waals surface area contributed by atoms with Crippen LogP contribution in [0.3, 0.4) is 0 Å². The van der Waals surface area contributed by atoms with Crippen molar-refractivity contribution in [3.8, 4) is 0 Å². The molecule has 116 valence electrons. The third-order valence-electron chi connectivity index (χ3n) is 3.73. The number of amides is 2. The van der Waals surface area contributed by atoms with Crippen LogP contribution in [0.15, 0.2) is 36.4 Å². The molecule has 1 aromatic rings. The van der Waals surface area contributed by atoms with Crippen LogP contribution in [-0.2, 0) is 9.59 Å². The Morgan fingerprint density at radius 3 is 2.68 bits per heavy atom. The summed E-state index contributed by atoms with van der Waals surface area (Å²) in [5.74, 6) is 3.05. The number of rotatable bonds is 3. The maximum Gasteiger partial charge on any atom is 0.247 e. The van der Waals surface area contributed by atoms with Crippen LogP contribution in [0.4, 0.5) is 0 Å². The van der Waals surface area contributed by atoms with Gasteiger partial charge in [-0.2, -0.15) is 0 Å². The van der Waals surface area contributed by atoms with Crippen LogP contribution >= 0.6 is 23.5 Å². The van der Waals surface area contributed by atoms with Crippen molar-refractivity contribution in [3.63, 3.8) is 0 Å². The van der Waals surface area contributed by atoms with E-state index in [1.807, 2.05) is 35.2 Å². The fraction of sp³-hybridized carbons (Fsp3) is 0.375. The van der Waals surface area contributed by atoms with Gasteiger partial charge in [-0.05, 0) is 11.6 Å². The van der Waals surface area contributed by atoms with Gasteiger partial charge in [-0.3, -0.25) is 9.59 Å². The molecule has 3 rings (SSSR count). The summed E-state index contributed by atoms with van der Waals surface area (Å²) < 4.78 is 0. The van der Waals surface area contributed by atoms with E-state index in [4.69, 9.17) is 0 Å². The molecule has 4 nitrogen and oxygen atoms in total. The SMILES string of the molecule is O=C([C@@H]1CSCN1C(=O)C=Cc1ccccc1)N1CCSC1. The molecule has 2 fully saturated rings. The Morgan fingerprint density at radius 1 is 1.14 bits per heavy atom. The molecular formula is C16H18N2O2S2. The molecule has 1 aromatic carbocycles. The van der Waals surface area contributed by atoms with Crippen molar-refractivity contribution in [1.29, 1.82) is 0 Å². The van der Waals surface area contributed by atoms with E-state index in [0.717, 1.165) is 23.7 Å². The van der Waals surface area contributed by atoms with Crippen LogP contribution in [0.1, 0.15) is 5.56 Å². The average Bonchev–Trinajstić information content (AvgIpc) is 3.24. The Hall–Kier alpha value is -1.40. The van der Waals surface area contributed by atoms with Crippen molar-refractivity contribution in [2.24, 2.45) is 0 Å².